The average molecular weight is 296 g/mol. The predicted octanol–water partition coefficient (Wildman–Crippen LogP) is 3.09. The maximum absolute atomic E-state index is 10.8. The van der Waals surface area contributed by atoms with Crippen molar-refractivity contribution in [2.24, 2.45) is 0 Å². The Hall–Kier alpha value is -1.67. The molecule has 0 aliphatic rings. The van der Waals surface area contributed by atoms with Crippen molar-refractivity contribution in [3.63, 3.8) is 0 Å². The van der Waals surface area contributed by atoms with Crippen LogP contribution in [0.1, 0.15) is 11.4 Å². The number of rotatable bonds is 5. The lowest BCUT2D eigenvalue weighted by molar-refractivity contribution is -0.383. The van der Waals surface area contributed by atoms with Crippen LogP contribution in [0.2, 0.25) is 0 Å². The van der Waals surface area contributed by atoms with E-state index in [0.29, 0.717) is 11.4 Å². The molecule has 1 aromatic heterocycles. The standard InChI is InChI=1S/C11H12N4O2S2/c1-7-13-11(19-14-7)18-6-8-3-4-10(15(16)17)9(5-8)12-2/h3-5,12H,6H2,1-2H3. The summed E-state index contributed by atoms with van der Waals surface area (Å²) in [5, 5.41) is 13.7. The van der Waals surface area contributed by atoms with Crippen molar-refractivity contribution in [1.29, 1.82) is 0 Å². The number of nitrogens with zero attached hydrogens (tertiary/aromatic N) is 3. The van der Waals surface area contributed by atoms with E-state index in [0.717, 1.165) is 15.7 Å². The number of anilines is 1. The summed E-state index contributed by atoms with van der Waals surface area (Å²) >= 11 is 2.94. The molecule has 1 N–H and O–H groups in total. The van der Waals surface area contributed by atoms with Gasteiger partial charge in [-0.2, -0.15) is 4.37 Å². The molecule has 0 amide bonds. The molecule has 0 fully saturated rings. The van der Waals surface area contributed by atoms with E-state index in [9.17, 15) is 10.1 Å². The Labute approximate surface area is 118 Å². The second-order valence-electron chi connectivity index (χ2n) is 3.75. The molecule has 0 unspecified atom stereocenters. The van der Waals surface area contributed by atoms with E-state index in [1.807, 2.05) is 6.92 Å². The molecular weight excluding hydrogens is 284 g/mol. The van der Waals surface area contributed by atoms with Gasteiger partial charge in [0.25, 0.3) is 5.69 Å². The molecule has 0 saturated heterocycles. The second kappa shape index (κ2) is 5.98. The van der Waals surface area contributed by atoms with Crippen molar-refractivity contribution in [3.05, 3.63) is 39.7 Å². The number of aromatic nitrogens is 2. The van der Waals surface area contributed by atoms with Crippen molar-refractivity contribution in [3.8, 4) is 0 Å². The van der Waals surface area contributed by atoms with E-state index < -0.39 is 4.92 Å². The fraction of sp³-hybridized carbons (Fsp3) is 0.273. The highest BCUT2D eigenvalue weighted by atomic mass is 32.2. The molecule has 6 nitrogen and oxygen atoms in total. The molecule has 0 saturated carbocycles. The lowest BCUT2D eigenvalue weighted by atomic mass is 10.2. The number of nitrogens with one attached hydrogen (secondary N) is 1. The third-order valence-electron chi connectivity index (χ3n) is 2.40. The summed E-state index contributed by atoms with van der Waals surface area (Å²) < 4.78 is 5.01. The summed E-state index contributed by atoms with van der Waals surface area (Å²) in [5.74, 6) is 1.48. The molecule has 1 aromatic carbocycles. The van der Waals surface area contributed by atoms with E-state index in [-0.39, 0.29) is 5.69 Å². The maximum Gasteiger partial charge on any atom is 0.292 e. The van der Waals surface area contributed by atoms with Gasteiger partial charge in [0.05, 0.1) is 4.92 Å². The summed E-state index contributed by atoms with van der Waals surface area (Å²) in [5.41, 5.74) is 1.62. The smallest absolute Gasteiger partial charge is 0.292 e. The Bertz CT molecular complexity index is 600. The van der Waals surface area contributed by atoms with Crippen molar-refractivity contribution >= 4 is 34.7 Å². The molecule has 0 spiro atoms. The zero-order valence-electron chi connectivity index (χ0n) is 10.4. The van der Waals surface area contributed by atoms with Gasteiger partial charge in [0.1, 0.15) is 11.5 Å². The Morgan fingerprint density at radius 2 is 2.32 bits per heavy atom. The van der Waals surface area contributed by atoms with E-state index in [1.165, 1.54) is 17.6 Å². The summed E-state index contributed by atoms with van der Waals surface area (Å²) in [4.78, 5) is 14.7. The average Bonchev–Trinajstić information content (AvgIpc) is 2.81. The minimum atomic E-state index is -0.392. The molecular formula is C11H12N4O2S2. The minimum absolute atomic E-state index is 0.0861. The number of benzene rings is 1. The molecule has 100 valence electrons. The molecule has 0 radical (unpaired) electrons. The van der Waals surface area contributed by atoms with Crippen LogP contribution < -0.4 is 5.32 Å². The fourth-order valence-electron chi connectivity index (χ4n) is 1.51. The van der Waals surface area contributed by atoms with Crippen LogP contribution >= 0.6 is 23.3 Å². The van der Waals surface area contributed by atoms with Crippen LogP contribution in [0.5, 0.6) is 0 Å². The van der Waals surface area contributed by atoms with Gasteiger partial charge in [-0.3, -0.25) is 10.1 Å². The first-order chi connectivity index (χ1) is 9.10. The first kappa shape index (κ1) is 13.8. The SMILES string of the molecule is CNc1cc(CSc2nc(C)ns2)ccc1[N+](=O)[O-]. The van der Waals surface area contributed by atoms with Gasteiger partial charge >= 0.3 is 0 Å². The summed E-state index contributed by atoms with van der Waals surface area (Å²) in [6.07, 6.45) is 0. The summed E-state index contributed by atoms with van der Waals surface area (Å²) in [6.45, 7) is 1.85. The zero-order valence-corrected chi connectivity index (χ0v) is 12.0. The van der Waals surface area contributed by atoms with Crippen molar-refractivity contribution < 1.29 is 4.92 Å². The van der Waals surface area contributed by atoms with Gasteiger partial charge < -0.3 is 5.32 Å². The number of thioether (sulfide) groups is 1. The zero-order chi connectivity index (χ0) is 13.8. The van der Waals surface area contributed by atoms with Gasteiger partial charge in [0.2, 0.25) is 0 Å². The van der Waals surface area contributed by atoms with E-state index in [2.05, 4.69) is 14.7 Å². The molecule has 0 aliphatic carbocycles. The lowest BCUT2D eigenvalue weighted by Gasteiger charge is -2.05. The first-order valence-electron chi connectivity index (χ1n) is 5.48. The quantitative estimate of drug-likeness (QED) is 0.519. The first-order valence-corrected chi connectivity index (χ1v) is 7.24. The van der Waals surface area contributed by atoms with Gasteiger partial charge in [-0.15, -0.1) is 0 Å². The monoisotopic (exact) mass is 296 g/mol. The molecule has 2 aromatic rings. The van der Waals surface area contributed by atoms with Gasteiger partial charge in [-0.25, -0.2) is 4.98 Å². The van der Waals surface area contributed by atoms with Crippen LogP contribution in [0.15, 0.2) is 22.5 Å². The highest BCUT2D eigenvalue weighted by Gasteiger charge is 2.13. The van der Waals surface area contributed by atoms with Crippen molar-refractivity contribution in [1.82, 2.24) is 9.36 Å². The highest BCUT2D eigenvalue weighted by Crippen LogP contribution is 2.29. The van der Waals surface area contributed by atoms with Gasteiger partial charge in [-0.05, 0) is 30.1 Å². The molecule has 0 aliphatic heterocycles. The molecule has 8 heteroatoms. The molecule has 0 bridgehead atoms. The molecule has 1 heterocycles. The van der Waals surface area contributed by atoms with Gasteiger partial charge in [0.15, 0.2) is 4.34 Å². The Morgan fingerprint density at radius 3 is 2.89 bits per heavy atom. The predicted molar refractivity (Wildman–Crippen MR) is 76.9 cm³/mol. The van der Waals surface area contributed by atoms with Crippen LogP contribution in [-0.4, -0.2) is 21.3 Å². The molecule has 2 rings (SSSR count). The largest absolute Gasteiger partial charge is 0.383 e. The Morgan fingerprint density at radius 1 is 1.53 bits per heavy atom. The molecule has 0 atom stereocenters. The third kappa shape index (κ3) is 3.42. The Balaban J connectivity index is 2.11. The molecule has 19 heavy (non-hydrogen) atoms. The summed E-state index contributed by atoms with van der Waals surface area (Å²) in [6, 6.07) is 5.08. The number of hydrogen-bond donors (Lipinski definition) is 1. The number of nitro groups is 1. The van der Waals surface area contributed by atoms with E-state index >= 15 is 0 Å². The van der Waals surface area contributed by atoms with E-state index in [4.69, 9.17) is 0 Å². The Kier molecular flexibility index (Phi) is 4.33. The lowest BCUT2D eigenvalue weighted by Crippen LogP contribution is -1.97. The summed E-state index contributed by atoms with van der Waals surface area (Å²) in [7, 11) is 1.67. The van der Waals surface area contributed by atoms with Crippen molar-refractivity contribution in [2.75, 3.05) is 12.4 Å². The van der Waals surface area contributed by atoms with Crippen LogP contribution in [0.4, 0.5) is 11.4 Å². The maximum atomic E-state index is 10.8. The van der Waals surface area contributed by atoms with Crippen LogP contribution in [-0.2, 0) is 5.75 Å². The third-order valence-corrected chi connectivity index (χ3v) is 4.39. The van der Waals surface area contributed by atoms with Crippen LogP contribution in [0.3, 0.4) is 0 Å². The second-order valence-corrected chi connectivity index (χ2v) is 5.73. The van der Waals surface area contributed by atoms with Gasteiger partial charge in [0, 0.05) is 18.9 Å². The van der Waals surface area contributed by atoms with Crippen LogP contribution in [0, 0.1) is 17.0 Å². The van der Waals surface area contributed by atoms with Crippen molar-refractivity contribution in [2.45, 2.75) is 17.0 Å². The van der Waals surface area contributed by atoms with E-state index in [1.54, 1.807) is 30.9 Å². The topological polar surface area (TPSA) is 81.0 Å². The van der Waals surface area contributed by atoms with Crippen LogP contribution in [0.25, 0.3) is 0 Å². The van der Waals surface area contributed by atoms with Gasteiger partial charge in [-0.1, -0.05) is 17.8 Å². The number of aryl methyl sites for hydroxylation is 1. The number of hydrogen-bond acceptors (Lipinski definition) is 7. The normalized spacial score (nSPS) is 10.4. The fourth-order valence-corrected chi connectivity index (χ4v) is 3.10. The minimum Gasteiger partial charge on any atom is -0.383 e. The number of nitro benzene ring substituents is 1. The highest BCUT2D eigenvalue weighted by molar-refractivity contribution is 8.00.